The average Bonchev–Trinajstić information content (AvgIpc) is 3.09. The topological polar surface area (TPSA) is 103 Å². The molecule has 8 nitrogen and oxygen atoms in total. The maximum absolute atomic E-state index is 12.3. The summed E-state index contributed by atoms with van der Waals surface area (Å²) < 4.78 is 12.0. The van der Waals surface area contributed by atoms with Crippen molar-refractivity contribution in [1.29, 1.82) is 0 Å². The van der Waals surface area contributed by atoms with Gasteiger partial charge in [-0.15, -0.1) is 0 Å². The zero-order valence-corrected chi connectivity index (χ0v) is 14.2. The number of fused-ring (bicyclic) bond motifs is 1. The molecule has 1 aromatic carbocycles. The van der Waals surface area contributed by atoms with Crippen molar-refractivity contribution in [1.82, 2.24) is 14.8 Å². The minimum Gasteiger partial charge on any atom is -0.507 e. The summed E-state index contributed by atoms with van der Waals surface area (Å²) in [6.45, 7) is 1.60. The lowest BCUT2D eigenvalue weighted by atomic mass is 9.96. The van der Waals surface area contributed by atoms with Crippen LogP contribution in [0.25, 0.3) is 0 Å². The third-order valence-electron chi connectivity index (χ3n) is 4.31. The first-order valence-corrected chi connectivity index (χ1v) is 8.02. The van der Waals surface area contributed by atoms with Gasteiger partial charge in [-0.25, -0.2) is 14.5 Å². The predicted octanol–water partition coefficient (Wildman–Crippen LogP) is 2.37. The third kappa shape index (κ3) is 2.65. The summed E-state index contributed by atoms with van der Waals surface area (Å²) in [5.74, 6) is 1.29. The van der Waals surface area contributed by atoms with Crippen LogP contribution in [0.3, 0.4) is 0 Å². The Labute approximate surface area is 148 Å². The molecule has 0 radical (unpaired) electrons. The van der Waals surface area contributed by atoms with Gasteiger partial charge in [0.2, 0.25) is 5.95 Å². The van der Waals surface area contributed by atoms with Gasteiger partial charge in [-0.05, 0) is 24.6 Å². The molecule has 0 aliphatic carbocycles. The summed E-state index contributed by atoms with van der Waals surface area (Å²) in [7, 11) is 1.61. The summed E-state index contributed by atoms with van der Waals surface area (Å²) in [4.78, 5) is 20.8. The van der Waals surface area contributed by atoms with E-state index in [0.29, 0.717) is 23.8 Å². The number of nitrogens with zero attached hydrogens (tertiary/aromatic N) is 4. The van der Waals surface area contributed by atoms with E-state index in [1.54, 1.807) is 18.7 Å². The van der Waals surface area contributed by atoms with Crippen LogP contribution in [0.1, 0.15) is 29.3 Å². The summed E-state index contributed by atoms with van der Waals surface area (Å²) in [5, 5.41) is 14.5. The van der Waals surface area contributed by atoms with Crippen LogP contribution in [0.15, 0.2) is 50.9 Å². The minimum absolute atomic E-state index is 0.0587. The van der Waals surface area contributed by atoms with Crippen LogP contribution in [0.5, 0.6) is 11.5 Å². The second kappa shape index (κ2) is 6.14. The number of aryl methyl sites for hydroxylation is 1. The molecule has 132 valence electrons. The first kappa shape index (κ1) is 16.1. The van der Waals surface area contributed by atoms with Crippen LogP contribution < -0.4 is 10.4 Å². The number of rotatable bonds is 3. The van der Waals surface area contributed by atoms with Crippen LogP contribution in [-0.2, 0) is 0 Å². The molecule has 1 atom stereocenters. The van der Waals surface area contributed by atoms with E-state index in [2.05, 4.69) is 15.1 Å². The van der Waals surface area contributed by atoms with Crippen molar-refractivity contribution >= 4 is 11.7 Å². The van der Waals surface area contributed by atoms with Crippen molar-refractivity contribution in [3.63, 3.8) is 0 Å². The van der Waals surface area contributed by atoms with Gasteiger partial charge in [0, 0.05) is 12.5 Å². The van der Waals surface area contributed by atoms with E-state index in [-0.39, 0.29) is 17.4 Å². The summed E-state index contributed by atoms with van der Waals surface area (Å²) >= 11 is 0. The van der Waals surface area contributed by atoms with Crippen LogP contribution >= 0.6 is 0 Å². The lowest BCUT2D eigenvalue weighted by Crippen LogP contribution is -2.25. The number of benzene rings is 1. The van der Waals surface area contributed by atoms with E-state index in [1.165, 1.54) is 12.4 Å². The van der Waals surface area contributed by atoms with Crippen LogP contribution in [-0.4, -0.2) is 32.7 Å². The normalized spacial score (nSPS) is 16.1. The van der Waals surface area contributed by atoms with Gasteiger partial charge in [0.25, 0.3) is 0 Å². The first-order valence-electron chi connectivity index (χ1n) is 8.02. The summed E-state index contributed by atoms with van der Waals surface area (Å²) in [6.07, 6.45) is 1.78. The van der Waals surface area contributed by atoms with E-state index in [4.69, 9.17) is 9.15 Å². The fraction of sp³-hybridized carbons (Fsp3) is 0.222. The number of aliphatic imine (C=N–C) groups is 1. The predicted molar refractivity (Wildman–Crippen MR) is 93.3 cm³/mol. The molecular weight excluding hydrogens is 336 g/mol. The highest BCUT2D eigenvalue weighted by atomic mass is 16.5. The van der Waals surface area contributed by atoms with Gasteiger partial charge < -0.3 is 14.3 Å². The van der Waals surface area contributed by atoms with E-state index in [1.807, 2.05) is 24.3 Å². The SMILES string of the molecule is COc1ccc(C2CC(c3c(O)cc(C)oc3=O)=Nc3ncnn32)cc1. The Bertz CT molecular complexity index is 1050. The number of hydrogen-bond donors (Lipinski definition) is 1. The average molecular weight is 352 g/mol. The van der Waals surface area contributed by atoms with E-state index < -0.39 is 5.63 Å². The lowest BCUT2D eigenvalue weighted by molar-refractivity contribution is 0.414. The Morgan fingerprint density at radius 1 is 1.31 bits per heavy atom. The Hall–Kier alpha value is -3.42. The van der Waals surface area contributed by atoms with Crippen LogP contribution in [0.4, 0.5) is 5.95 Å². The molecule has 1 N–H and O–H groups in total. The summed E-state index contributed by atoms with van der Waals surface area (Å²) in [5.41, 5.74) is 0.810. The maximum atomic E-state index is 12.3. The smallest absolute Gasteiger partial charge is 0.348 e. The molecule has 0 amide bonds. The van der Waals surface area contributed by atoms with Crippen molar-refractivity contribution in [2.75, 3.05) is 7.11 Å². The molecule has 0 bridgehead atoms. The van der Waals surface area contributed by atoms with Gasteiger partial charge in [0.1, 0.15) is 29.2 Å². The fourth-order valence-corrected chi connectivity index (χ4v) is 3.08. The van der Waals surface area contributed by atoms with Crippen molar-refractivity contribution < 1.29 is 14.3 Å². The molecule has 0 saturated carbocycles. The molecule has 1 aliphatic heterocycles. The molecule has 2 aromatic heterocycles. The minimum atomic E-state index is -0.623. The van der Waals surface area contributed by atoms with Crippen LogP contribution in [0, 0.1) is 6.92 Å². The van der Waals surface area contributed by atoms with Crippen molar-refractivity contribution in [2.24, 2.45) is 4.99 Å². The third-order valence-corrected chi connectivity index (χ3v) is 4.31. The number of methoxy groups -OCH3 is 1. The molecule has 1 unspecified atom stereocenters. The fourth-order valence-electron chi connectivity index (χ4n) is 3.08. The molecule has 8 heteroatoms. The van der Waals surface area contributed by atoms with Gasteiger partial charge in [-0.2, -0.15) is 10.1 Å². The lowest BCUT2D eigenvalue weighted by Gasteiger charge is -2.23. The highest BCUT2D eigenvalue weighted by Crippen LogP contribution is 2.33. The van der Waals surface area contributed by atoms with Gasteiger partial charge >= 0.3 is 5.63 Å². The van der Waals surface area contributed by atoms with Gasteiger partial charge in [0.15, 0.2) is 0 Å². The Morgan fingerprint density at radius 3 is 2.77 bits per heavy atom. The number of aromatic hydroxyl groups is 1. The van der Waals surface area contributed by atoms with Gasteiger partial charge in [0.05, 0.1) is 18.9 Å². The molecule has 0 spiro atoms. The number of hydrogen-bond acceptors (Lipinski definition) is 7. The van der Waals surface area contributed by atoms with E-state index in [0.717, 1.165) is 11.3 Å². The standard InChI is InChI=1S/C18H16N4O4/c1-10-7-15(23)16(17(24)26-10)13-8-14(22-18(21-13)19-9-20-22)11-3-5-12(25-2)6-4-11/h3-7,9,14,23H,8H2,1-2H3. The van der Waals surface area contributed by atoms with E-state index in [9.17, 15) is 9.90 Å². The van der Waals surface area contributed by atoms with Crippen molar-refractivity contribution in [2.45, 2.75) is 19.4 Å². The maximum Gasteiger partial charge on any atom is 0.348 e. The Kier molecular flexibility index (Phi) is 3.80. The highest BCUT2D eigenvalue weighted by Gasteiger charge is 2.29. The van der Waals surface area contributed by atoms with Crippen molar-refractivity contribution in [3.8, 4) is 11.5 Å². The second-order valence-corrected chi connectivity index (χ2v) is 5.96. The molecule has 3 heterocycles. The number of ether oxygens (including phenoxy) is 1. The molecule has 0 fully saturated rings. The molecule has 3 aromatic rings. The second-order valence-electron chi connectivity index (χ2n) is 5.96. The highest BCUT2D eigenvalue weighted by molar-refractivity contribution is 6.04. The zero-order valence-electron chi connectivity index (χ0n) is 14.2. The quantitative estimate of drug-likeness (QED) is 0.776. The van der Waals surface area contributed by atoms with Crippen molar-refractivity contribution in [3.05, 3.63) is 64.0 Å². The first-order chi connectivity index (χ1) is 12.6. The number of aromatic nitrogens is 3. The van der Waals surface area contributed by atoms with Gasteiger partial charge in [-0.3, -0.25) is 0 Å². The van der Waals surface area contributed by atoms with Gasteiger partial charge in [-0.1, -0.05) is 12.1 Å². The molecule has 4 rings (SSSR count). The molecule has 26 heavy (non-hydrogen) atoms. The summed E-state index contributed by atoms with van der Waals surface area (Å²) in [6, 6.07) is 8.75. The monoisotopic (exact) mass is 352 g/mol. The molecule has 0 saturated heterocycles. The Balaban J connectivity index is 1.81. The zero-order chi connectivity index (χ0) is 18.3. The van der Waals surface area contributed by atoms with E-state index >= 15 is 0 Å². The largest absolute Gasteiger partial charge is 0.507 e. The molecular formula is C18H16N4O4. The molecule has 1 aliphatic rings. The Morgan fingerprint density at radius 2 is 2.08 bits per heavy atom. The van der Waals surface area contributed by atoms with Crippen LogP contribution in [0.2, 0.25) is 0 Å².